The van der Waals surface area contributed by atoms with Gasteiger partial charge in [0.15, 0.2) is 0 Å². The summed E-state index contributed by atoms with van der Waals surface area (Å²) in [5.74, 6) is -1.24. The normalized spacial score (nSPS) is 20.0. The van der Waals surface area contributed by atoms with Gasteiger partial charge in [-0.1, -0.05) is 30.3 Å². The van der Waals surface area contributed by atoms with Crippen molar-refractivity contribution >= 4 is 18.0 Å². The summed E-state index contributed by atoms with van der Waals surface area (Å²) in [5.41, 5.74) is 0.136. The molecule has 0 N–H and O–H groups in total. The molecule has 2 aromatic rings. The molecule has 0 radical (unpaired) electrons. The first kappa shape index (κ1) is 21.6. The molecule has 2 heterocycles. The molecular formula is C23H27NO6. The molecule has 7 nitrogen and oxygen atoms in total. The number of hydrogen-bond acceptors (Lipinski definition) is 6. The first-order valence-electron chi connectivity index (χ1n) is 9.98. The van der Waals surface area contributed by atoms with Crippen LogP contribution in [0.15, 0.2) is 53.1 Å². The minimum absolute atomic E-state index is 0.163. The lowest BCUT2D eigenvalue weighted by molar-refractivity contribution is -0.158. The summed E-state index contributed by atoms with van der Waals surface area (Å²) in [6.45, 7) is 7.05. The molecule has 1 aliphatic heterocycles. The zero-order valence-corrected chi connectivity index (χ0v) is 17.7. The Kier molecular flexibility index (Phi) is 6.29. The number of cyclic esters (lactones) is 1. The Balaban J connectivity index is 1.80. The number of furan rings is 1. The Morgan fingerprint density at radius 3 is 2.43 bits per heavy atom. The van der Waals surface area contributed by atoms with Gasteiger partial charge in [-0.05, 0) is 45.4 Å². The fourth-order valence-electron chi connectivity index (χ4n) is 3.54. The molecule has 0 aliphatic carbocycles. The number of nitrogens with zero attached hydrogens (tertiary/aromatic N) is 1. The number of carbonyl (C=O) groups excluding carboxylic acids is 3. The number of carbonyl (C=O) groups is 3. The summed E-state index contributed by atoms with van der Waals surface area (Å²) in [5, 5.41) is 0. The van der Waals surface area contributed by atoms with Crippen LogP contribution in [0.4, 0.5) is 4.79 Å². The van der Waals surface area contributed by atoms with Crippen molar-refractivity contribution in [3.8, 4) is 0 Å². The fraction of sp³-hybridized carbons (Fsp3) is 0.435. The van der Waals surface area contributed by atoms with Crippen LogP contribution in [0, 0.1) is 5.92 Å². The average molecular weight is 413 g/mol. The van der Waals surface area contributed by atoms with E-state index in [1.54, 1.807) is 39.8 Å². The van der Waals surface area contributed by atoms with Gasteiger partial charge in [-0.25, -0.2) is 9.69 Å². The van der Waals surface area contributed by atoms with Crippen molar-refractivity contribution in [3.05, 3.63) is 60.1 Å². The molecule has 0 unspecified atom stereocenters. The molecule has 0 bridgehead atoms. The van der Waals surface area contributed by atoms with E-state index in [2.05, 4.69) is 0 Å². The summed E-state index contributed by atoms with van der Waals surface area (Å²) in [4.78, 5) is 39.5. The third-order valence-corrected chi connectivity index (χ3v) is 4.85. The second-order valence-electron chi connectivity index (χ2n) is 8.43. The highest BCUT2D eigenvalue weighted by Crippen LogP contribution is 2.34. The van der Waals surface area contributed by atoms with Gasteiger partial charge in [0.25, 0.3) is 0 Å². The second kappa shape index (κ2) is 8.73. The van der Waals surface area contributed by atoms with E-state index in [1.165, 1.54) is 6.26 Å². The monoisotopic (exact) mass is 413 g/mol. The lowest BCUT2D eigenvalue weighted by atomic mass is 9.96. The Labute approximate surface area is 175 Å². The minimum Gasteiger partial charge on any atom is -0.469 e. The zero-order valence-electron chi connectivity index (χ0n) is 17.7. The predicted molar refractivity (Wildman–Crippen MR) is 108 cm³/mol. The Hall–Kier alpha value is -3.09. The molecule has 1 aromatic heterocycles. The minimum atomic E-state index is -0.810. The van der Waals surface area contributed by atoms with Crippen molar-refractivity contribution in [1.29, 1.82) is 0 Å². The van der Waals surface area contributed by atoms with Gasteiger partial charge < -0.3 is 13.9 Å². The second-order valence-corrected chi connectivity index (χ2v) is 8.43. The van der Waals surface area contributed by atoms with E-state index >= 15 is 0 Å². The summed E-state index contributed by atoms with van der Waals surface area (Å²) in [7, 11) is 0. The molecule has 7 heteroatoms. The van der Waals surface area contributed by atoms with Crippen LogP contribution < -0.4 is 0 Å². The lowest BCUT2D eigenvalue weighted by Gasteiger charge is -2.25. The summed E-state index contributed by atoms with van der Waals surface area (Å²) >= 11 is 0. The molecule has 0 saturated carbocycles. The number of esters is 1. The molecule has 3 rings (SSSR count). The molecule has 1 fully saturated rings. The number of amides is 2. The molecule has 1 saturated heterocycles. The number of imide groups is 1. The van der Waals surface area contributed by atoms with Gasteiger partial charge in [-0.3, -0.25) is 9.59 Å². The molecule has 160 valence electrons. The standard InChI is InChI=1S/C23H27NO6/c1-15-20(16-9-6-5-7-10-16)29-22(27)24(15)21(26)17(13-18-11-8-12-28-18)14-19(25)30-23(2,3)4/h5-12,15,17,20H,13-14H2,1-4H3/t15-,17+,20-/m0/s1. The van der Waals surface area contributed by atoms with E-state index in [0.717, 1.165) is 10.5 Å². The van der Waals surface area contributed by atoms with Crippen molar-refractivity contribution in [1.82, 2.24) is 4.90 Å². The lowest BCUT2D eigenvalue weighted by Crippen LogP contribution is -2.43. The van der Waals surface area contributed by atoms with Crippen LogP contribution in [0.1, 0.15) is 51.5 Å². The summed E-state index contributed by atoms with van der Waals surface area (Å²) in [6, 6.07) is 12.2. The third-order valence-electron chi connectivity index (χ3n) is 4.85. The molecule has 3 atom stereocenters. The van der Waals surface area contributed by atoms with Crippen molar-refractivity contribution in [2.45, 2.75) is 58.3 Å². The highest BCUT2D eigenvalue weighted by Gasteiger charge is 2.45. The van der Waals surface area contributed by atoms with Gasteiger partial charge in [-0.15, -0.1) is 0 Å². The first-order valence-corrected chi connectivity index (χ1v) is 9.98. The highest BCUT2D eigenvalue weighted by atomic mass is 16.6. The zero-order chi connectivity index (χ0) is 21.9. The fourth-order valence-corrected chi connectivity index (χ4v) is 3.54. The predicted octanol–water partition coefficient (Wildman–Crippen LogP) is 4.28. The molecule has 1 aromatic carbocycles. The Morgan fingerprint density at radius 2 is 1.83 bits per heavy atom. The number of benzene rings is 1. The van der Waals surface area contributed by atoms with E-state index < -0.39 is 41.6 Å². The van der Waals surface area contributed by atoms with Crippen molar-refractivity contribution in [3.63, 3.8) is 0 Å². The first-order chi connectivity index (χ1) is 14.2. The number of hydrogen-bond donors (Lipinski definition) is 0. The van der Waals surface area contributed by atoms with E-state index in [9.17, 15) is 14.4 Å². The maximum absolute atomic E-state index is 13.3. The van der Waals surface area contributed by atoms with Crippen LogP contribution in [-0.4, -0.2) is 34.5 Å². The van der Waals surface area contributed by atoms with Gasteiger partial charge in [0.1, 0.15) is 17.5 Å². The van der Waals surface area contributed by atoms with E-state index in [-0.39, 0.29) is 12.8 Å². The molecule has 2 amide bonds. The largest absolute Gasteiger partial charge is 0.469 e. The maximum Gasteiger partial charge on any atom is 0.417 e. The SMILES string of the molecule is C[C@H]1[C@@H](c2ccccc2)OC(=O)N1C(=O)[C@@H](CC(=O)OC(C)(C)C)Cc1ccco1. The van der Waals surface area contributed by atoms with Crippen LogP contribution in [0.3, 0.4) is 0 Å². The Bertz CT molecular complexity index is 884. The molecule has 0 spiro atoms. The van der Waals surface area contributed by atoms with Crippen molar-refractivity contribution in [2.24, 2.45) is 5.92 Å². The summed E-state index contributed by atoms with van der Waals surface area (Å²) < 4.78 is 16.2. The highest BCUT2D eigenvalue weighted by molar-refractivity contribution is 5.96. The third kappa shape index (κ3) is 5.09. The summed E-state index contributed by atoms with van der Waals surface area (Å²) in [6.07, 6.45) is 0.243. The number of rotatable bonds is 6. The molecular weight excluding hydrogens is 386 g/mol. The number of ether oxygens (including phenoxy) is 2. The maximum atomic E-state index is 13.3. The van der Waals surface area contributed by atoms with Crippen molar-refractivity contribution < 1.29 is 28.3 Å². The molecule has 30 heavy (non-hydrogen) atoms. The Morgan fingerprint density at radius 1 is 1.13 bits per heavy atom. The van der Waals surface area contributed by atoms with Crippen LogP contribution >= 0.6 is 0 Å². The topological polar surface area (TPSA) is 86.0 Å². The van der Waals surface area contributed by atoms with Crippen LogP contribution in [-0.2, 0) is 25.5 Å². The molecule has 1 aliphatic rings. The van der Waals surface area contributed by atoms with Crippen LogP contribution in [0.25, 0.3) is 0 Å². The quantitative estimate of drug-likeness (QED) is 0.657. The van der Waals surface area contributed by atoms with Gasteiger partial charge in [0.05, 0.1) is 24.6 Å². The van der Waals surface area contributed by atoms with Gasteiger partial charge in [-0.2, -0.15) is 0 Å². The van der Waals surface area contributed by atoms with Gasteiger partial charge in [0.2, 0.25) is 5.91 Å². The van der Waals surface area contributed by atoms with Crippen LogP contribution in [0.5, 0.6) is 0 Å². The van der Waals surface area contributed by atoms with Crippen LogP contribution in [0.2, 0.25) is 0 Å². The van der Waals surface area contributed by atoms with E-state index in [0.29, 0.717) is 5.76 Å². The van der Waals surface area contributed by atoms with E-state index in [1.807, 2.05) is 30.3 Å². The van der Waals surface area contributed by atoms with E-state index in [4.69, 9.17) is 13.9 Å². The van der Waals surface area contributed by atoms with Gasteiger partial charge >= 0.3 is 12.1 Å². The van der Waals surface area contributed by atoms with Crippen molar-refractivity contribution in [2.75, 3.05) is 0 Å². The average Bonchev–Trinajstić information content (AvgIpc) is 3.27. The smallest absolute Gasteiger partial charge is 0.417 e. The van der Waals surface area contributed by atoms with Gasteiger partial charge in [0, 0.05) is 6.42 Å².